The first-order valence-electron chi connectivity index (χ1n) is 17.6. The highest BCUT2D eigenvalue weighted by Gasteiger charge is 2.20. The summed E-state index contributed by atoms with van der Waals surface area (Å²) in [5.74, 6) is 0.936. The van der Waals surface area contributed by atoms with Crippen molar-refractivity contribution >= 4 is 64.3 Å². The van der Waals surface area contributed by atoms with Crippen LogP contribution in [-0.2, 0) is 5.41 Å². The van der Waals surface area contributed by atoms with Gasteiger partial charge in [-0.1, -0.05) is 99.6 Å². The number of aromatic nitrogens is 3. The molecule has 0 amide bonds. The molecule has 0 bridgehead atoms. The highest BCUT2D eigenvalue weighted by molar-refractivity contribution is 7.26. The Morgan fingerprint density at radius 1 is 0.490 bits per heavy atom. The molecule has 0 atom stereocenters. The number of fused-ring (bicyclic) bond motifs is 7. The van der Waals surface area contributed by atoms with Gasteiger partial charge in [-0.05, 0) is 101 Å². The van der Waals surface area contributed by atoms with Gasteiger partial charge in [-0.15, -0.1) is 11.3 Å². The Morgan fingerprint density at radius 2 is 1.16 bits per heavy atom. The van der Waals surface area contributed by atoms with Crippen LogP contribution in [0.25, 0.3) is 86.9 Å². The highest BCUT2D eigenvalue weighted by Crippen LogP contribution is 2.42. The first kappa shape index (κ1) is 29.9. The monoisotopic (exact) mass is 673 g/mol. The second kappa shape index (κ2) is 11.3. The van der Waals surface area contributed by atoms with E-state index in [-0.39, 0.29) is 5.41 Å². The minimum absolute atomic E-state index is 0.0365. The van der Waals surface area contributed by atoms with Gasteiger partial charge in [0, 0.05) is 47.9 Å². The largest absolute Gasteiger partial charge is 0.309 e. The predicted octanol–water partition coefficient (Wildman–Crippen LogP) is 13.1. The molecule has 0 unspecified atom stereocenters. The summed E-state index contributed by atoms with van der Waals surface area (Å²) < 4.78 is 7.35. The fourth-order valence-electron chi connectivity index (χ4n) is 7.73. The zero-order valence-electron chi connectivity index (χ0n) is 28.8. The molecule has 0 spiro atoms. The summed E-state index contributed by atoms with van der Waals surface area (Å²) in [5.41, 5.74) is 11.7. The minimum Gasteiger partial charge on any atom is -0.309 e. The van der Waals surface area contributed by atoms with Crippen molar-refractivity contribution in [3.05, 3.63) is 163 Å². The number of rotatable bonds is 4. The summed E-state index contributed by atoms with van der Waals surface area (Å²) in [4.78, 5) is 5.12. The van der Waals surface area contributed by atoms with Crippen molar-refractivity contribution in [3.63, 3.8) is 0 Å². The van der Waals surface area contributed by atoms with Crippen LogP contribution in [0.5, 0.6) is 0 Å². The second-order valence-electron chi connectivity index (χ2n) is 14.5. The molecule has 0 radical (unpaired) electrons. The van der Waals surface area contributed by atoms with Crippen molar-refractivity contribution in [1.29, 1.82) is 0 Å². The van der Waals surface area contributed by atoms with Crippen LogP contribution in [0.4, 0.5) is 0 Å². The number of para-hydroxylation sites is 3. The van der Waals surface area contributed by atoms with Gasteiger partial charge in [0.05, 0.1) is 22.1 Å². The lowest BCUT2D eigenvalue weighted by molar-refractivity contribution is 0.591. The Hall–Kier alpha value is -5.97. The SMILES string of the molecule is CC(C)(C)c1ccc2c(c1)c1cc(-c3cccc4c3sc3ccccc34)ccc1n2-c1ccc(-c2nc3ccccc3n2-c2ccccc2)cc1. The fourth-order valence-corrected chi connectivity index (χ4v) is 8.97. The standard InChI is InChI=1S/C47H35N3S/c1-47(2,3)32-23-27-42-39(29-32)38-28-31(35-15-11-16-37-36-14-7-10-19-44(36)51-45(35)37)22-26-41(38)49(42)34-24-20-30(21-25-34)46-48-40-17-8-9-18-43(40)50(46)33-12-5-4-6-13-33/h4-29H,1-3H3. The molecule has 3 aromatic heterocycles. The molecule has 244 valence electrons. The Labute approximate surface area is 300 Å². The molecule has 0 saturated carbocycles. The van der Waals surface area contributed by atoms with E-state index >= 15 is 0 Å². The molecule has 0 fully saturated rings. The molecule has 0 aliphatic rings. The summed E-state index contributed by atoms with van der Waals surface area (Å²) in [6, 6.07) is 57.3. The molecule has 7 aromatic carbocycles. The quantitative estimate of drug-likeness (QED) is 0.182. The molecular formula is C47H35N3S. The second-order valence-corrected chi connectivity index (χ2v) is 15.5. The molecule has 0 saturated heterocycles. The molecule has 3 nitrogen and oxygen atoms in total. The molecule has 51 heavy (non-hydrogen) atoms. The van der Waals surface area contributed by atoms with Crippen molar-refractivity contribution in [2.75, 3.05) is 0 Å². The Bertz CT molecular complexity index is 2930. The molecule has 4 heteroatoms. The van der Waals surface area contributed by atoms with Gasteiger partial charge < -0.3 is 4.57 Å². The van der Waals surface area contributed by atoms with Gasteiger partial charge >= 0.3 is 0 Å². The Balaban J connectivity index is 1.16. The van der Waals surface area contributed by atoms with E-state index in [1.54, 1.807) is 0 Å². The van der Waals surface area contributed by atoms with E-state index in [0.717, 1.165) is 33.8 Å². The maximum atomic E-state index is 5.12. The van der Waals surface area contributed by atoms with Gasteiger partial charge in [-0.25, -0.2) is 4.98 Å². The molecule has 10 aromatic rings. The van der Waals surface area contributed by atoms with E-state index < -0.39 is 0 Å². The summed E-state index contributed by atoms with van der Waals surface area (Å²) in [6.07, 6.45) is 0. The van der Waals surface area contributed by atoms with Crippen LogP contribution < -0.4 is 0 Å². The fraction of sp³-hybridized carbons (Fsp3) is 0.0851. The molecular weight excluding hydrogens is 639 g/mol. The highest BCUT2D eigenvalue weighted by atomic mass is 32.1. The zero-order chi connectivity index (χ0) is 34.3. The van der Waals surface area contributed by atoms with Crippen molar-refractivity contribution in [3.8, 4) is 33.9 Å². The third-order valence-electron chi connectivity index (χ3n) is 10.3. The number of hydrogen-bond donors (Lipinski definition) is 0. The molecule has 0 N–H and O–H groups in total. The summed E-state index contributed by atoms with van der Waals surface area (Å²) >= 11 is 1.89. The van der Waals surface area contributed by atoms with Crippen LogP contribution in [0, 0.1) is 0 Å². The van der Waals surface area contributed by atoms with Crippen molar-refractivity contribution in [2.24, 2.45) is 0 Å². The predicted molar refractivity (Wildman–Crippen MR) is 218 cm³/mol. The lowest BCUT2D eigenvalue weighted by Crippen LogP contribution is -2.10. The molecule has 10 rings (SSSR count). The smallest absolute Gasteiger partial charge is 0.145 e. The van der Waals surface area contributed by atoms with Gasteiger partial charge in [0.1, 0.15) is 5.82 Å². The average Bonchev–Trinajstić information content (AvgIpc) is 3.84. The van der Waals surface area contributed by atoms with Crippen LogP contribution in [0.15, 0.2) is 158 Å². The van der Waals surface area contributed by atoms with Gasteiger partial charge in [0.25, 0.3) is 0 Å². The van der Waals surface area contributed by atoms with Gasteiger partial charge in [-0.3, -0.25) is 4.57 Å². The first-order chi connectivity index (χ1) is 24.9. The number of thiophene rings is 1. The number of hydrogen-bond acceptors (Lipinski definition) is 2. The van der Waals surface area contributed by atoms with E-state index in [2.05, 4.69) is 188 Å². The van der Waals surface area contributed by atoms with E-state index in [4.69, 9.17) is 4.98 Å². The van der Waals surface area contributed by atoms with Crippen molar-refractivity contribution in [2.45, 2.75) is 26.2 Å². The van der Waals surface area contributed by atoms with Crippen LogP contribution in [-0.4, -0.2) is 14.1 Å². The van der Waals surface area contributed by atoms with E-state index in [9.17, 15) is 0 Å². The molecule has 0 aliphatic carbocycles. The summed E-state index contributed by atoms with van der Waals surface area (Å²) in [7, 11) is 0. The van der Waals surface area contributed by atoms with Gasteiger partial charge in [0.2, 0.25) is 0 Å². The molecule has 3 heterocycles. The number of nitrogens with zero attached hydrogens (tertiary/aromatic N) is 3. The third kappa shape index (κ3) is 4.75. The van der Waals surface area contributed by atoms with Gasteiger partial charge in [0.15, 0.2) is 0 Å². The lowest BCUT2D eigenvalue weighted by atomic mass is 9.86. The number of benzene rings is 7. The average molecular weight is 674 g/mol. The molecule has 0 aliphatic heterocycles. The summed E-state index contributed by atoms with van der Waals surface area (Å²) in [6.45, 7) is 6.88. The maximum Gasteiger partial charge on any atom is 0.145 e. The maximum absolute atomic E-state index is 5.12. The van der Waals surface area contributed by atoms with E-state index in [0.29, 0.717) is 0 Å². The lowest BCUT2D eigenvalue weighted by Gasteiger charge is -2.19. The Morgan fingerprint density at radius 3 is 1.98 bits per heavy atom. The number of imidazole rings is 1. The van der Waals surface area contributed by atoms with E-state index in [1.807, 2.05) is 11.3 Å². The van der Waals surface area contributed by atoms with Crippen molar-refractivity contribution < 1.29 is 0 Å². The normalized spacial score (nSPS) is 12.2. The van der Waals surface area contributed by atoms with Crippen LogP contribution in [0.1, 0.15) is 26.3 Å². The van der Waals surface area contributed by atoms with Crippen molar-refractivity contribution in [1.82, 2.24) is 14.1 Å². The van der Waals surface area contributed by atoms with Gasteiger partial charge in [-0.2, -0.15) is 0 Å². The third-order valence-corrected chi connectivity index (χ3v) is 11.5. The first-order valence-corrected chi connectivity index (χ1v) is 18.4. The summed E-state index contributed by atoms with van der Waals surface area (Å²) in [5, 5.41) is 5.19. The van der Waals surface area contributed by atoms with Crippen LogP contribution in [0.3, 0.4) is 0 Å². The topological polar surface area (TPSA) is 22.8 Å². The van der Waals surface area contributed by atoms with Crippen LogP contribution in [0.2, 0.25) is 0 Å². The minimum atomic E-state index is 0.0365. The van der Waals surface area contributed by atoms with Crippen LogP contribution >= 0.6 is 11.3 Å². The zero-order valence-corrected chi connectivity index (χ0v) is 29.6. The van der Waals surface area contributed by atoms with E-state index in [1.165, 1.54) is 58.7 Å². The Kier molecular flexibility index (Phi) is 6.61.